The third kappa shape index (κ3) is 7.75. The first-order chi connectivity index (χ1) is 14.2. The van der Waals surface area contributed by atoms with Gasteiger partial charge in [0.1, 0.15) is 0 Å². The Bertz CT molecular complexity index is 599. The fourth-order valence-corrected chi connectivity index (χ4v) is 17.2. The molecule has 0 aromatic carbocycles. The van der Waals surface area contributed by atoms with Crippen LogP contribution in [0.5, 0.6) is 0 Å². The van der Waals surface area contributed by atoms with Crippen LogP contribution in [0, 0.1) is 0 Å². The third-order valence-electron chi connectivity index (χ3n) is 8.07. The van der Waals surface area contributed by atoms with Crippen LogP contribution in [0.15, 0.2) is 12.7 Å². The molecule has 0 rings (SSSR count). The average molecular weight is 519 g/mol. The van der Waals surface area contributed by atoms with Gasteiger partial charge in [-0.2, -0.15) is 0 Å². The molecule has 0 radical (unpaired) electrons. The van der Waals surface area contributed by atoms with Crippen LogP contribution < -0.4 is 0 Å². The number of hydrogen-bond acceptors (Lipinski definition) is 3. The summed E-state index contributed by atoms with van der Waals surface area (Å²) in [5.41, 5.74) is 0.150. The molecule has 0 bridgehead atoms. The van der Waals surface area contributed by atoms with Crippen LogP contribution in [-0.2, 0) is 13.3 Å². The second kappa shape index (κ2) is 11.5. The molecule has 0 heterocycles. The molecule has 3 nitrogen and oxygen atoms in total. The third-order valence-corrected chi connectivity index (χ3v) is 20.1. The van der Waals surface area contributed by atoms with Gasteiger partial charge in [-0.15, -0.1) is 6.58 Å². The van der Waals surface area contributed by atoms with Crippen LogP contribution in [0.3, 0.4) is 0 Å². The standard InChI is InChI=1S/C25H58O3Si4/c1-17-21-32(16,25(8,20-4)28-31(13,14)15)27-24(7,19-3)23(5,6)29(9)26-22(18-2)30(10,11)12/h17,22,29H,1,18-21H2,2-16H3. The van der Waals surface area contributed by atoms with Gasteiger partial charge in [0.05, 0.1) is 18.9 Å². The van der Waals surface area contributed by atoms with Gasteiger partial charge in [-0.25, -0.2) is 0 Å². The van der Waals surface area contributed by atoms with Crippen molar-refractivity contribution >= 4 is 33.7 Å². The van der Waals surface area contributed by atoms with Crippen molar-refractivity contribution in [3.63, 3.8) is 0 Å². The Kier molecular flexibility index (Phi) is 11.7. The van der Waals surface area contributed by atoms with Crippen molar-refractivity contribution in [3.05, 3.63) is 12.7 Å². The maximum atomic E-state index is 7.43. The second-order valence-corrected chi connectivity index (χ2v) is 29.9. The minimum atomic E-state index is -2.34. The fraction of sp³-hybridized carbons (Fsp3) is 0.920. The van der Waals surface area contributed by atoms with E-state index in [0.717, 1.165) is 25.3 Å². The van der Waals surface area contributed by atoms with Gasteiger partial charge in [0.2, 0.25) is 8.32 Å². The number of allylic oxidation sites excluding steroid dienone is 1. The average Bonchev–Trinajstić information content (AvgIpc) is 2.62. The van der Waals surface area contributed by atoms with E-state index >= 15 is 0 Å². The highest BCUT2D eigenvalue weighted by atomic mass is 28.4. The monoisotopic (exact) mass is 518 g/mol. The summed E-state index contributed by atoms with van der Waals surface area (Å²) in [7, 11) is -7.02. The predicted molar refractivity (Wildman–Crippen MR) is 155 cm³/mol. The van der Waals surface area contributed by atoms with E-state index < -0.39 is 33.7 Å². The summed E-state index contributed by atoms with van der Waals surface area (Å²) in [4.78, 5) is 0. The molecule has 0 fully saturated rings. The zero-order valence-electron chi connectivity index (χ0n) is 24.5. The SMILES string of the molecule is C=CC[Si](C)(OC(C)(CC)C(C)(C)[SiH](C)OC(CC)[Si](C)(C)C)C(C)(CC)O[Si](C)(C)C. The van der Waals surface area contributed by atoms with Crippen LogP contribution in [0.1, 0.15) is 67.7 Å². The number of hydrogen-bond donors (Lipinski definition) is 0. The summed E-state index contributed by atoms with van der Waals surface area (Å²) in [6.07, 6.45) is 5.10. The second-order valence-electron chi connectivity index (χ2n) is 13.0. The molecular weight excluding hydrogens is 461 g/mol. The molecule has 5 unspecified atom stereocenters. The Morgan fingerprint density at radius 1 is 0.875 bits per heavy atom. The Balaban J connectivity index is 6.26. The summed E-state index contributed by atoms with van der Waals surface area (Å²) >= 11 is 0. The van der Waals surface area contributed by atoms with Gasteiger partial charge in [0.25, 0.3) is 0 Å². The zero-order chi connectivity index (χ0) is 25.8. The lowest BCUT2D eigenvalue weighted by Crippen LogP contribution is -2.66. The molecule has 7 heteroatoms. The van der Waals surface area contributed by atoms with Crippen LogP contribution in [0.25, 0.3) is 0 Å². The molecule has 0 aliphatic carbocycles. The predicted octanol–water partition coefficient (Wildman–Crippen LogP) is 8.30. The summed E-state index contributed by atoms with van der Waals surface area (Å²) < 4.78 is 21.3. The molecule has 5 atom stereocenters. The molecule has 0 N–H and O–H groups in total. The molecule has 0 amide bonds. The van der Waals surface area contributed by atoms with Crippen molar-refractivity contribution in [1.82, 2.24) is 0 Å². The van der Waals surface area contributed by atoms with Gasteiger partial charge in [-0.3, -0.25) is 0 Å². The van der Waals surface area contributed by atoms with Gasteiger partial charge in [-0.1, -0.05) is 60.3 Å². The number of rotatable bonds is 15. The van der Waals surface area contributed by atoms with Gasteiger partial charge in [0, 0.05) is 10.8 Å². The Morgan fingerprint density at radius 2 is 1.38 bits per heavy atom. The molecule has 32 heavy (non-hydrogen) atoms. The van der Waals surface area contributed by atoms with E-state index in [1.165, 1.54) is 0 Å². The van der Waals surface area contributed by atoms with Crippen molar-refractivity contribution < 1.29 is 13.3 Å². The lowest BCUT2D eigenvalue weighted by molar-refractivity contribution is 0.000100. The molecule has 0 saturated heterocycles. The van der Waals surface area contributed by atoms with E-state index in [1.807, 2.05) is 0 Å². The summed E-state index contributed by atoms with van der Waals surface area (Å²) in [6, 6.07) is 0.900. The molecule has 0 aromatic rings. The topological polar surface area (TPSA) is 27.7 Å². The van der Waals surface area contributed by atoms with Gasteiger partial charge < -0.3 is 13.3 Å². The van der Waals surface area contributed by atoms with E-state index in [0.29, 0.717) is 5.73 Å². The molecule has 0 aliphatic heterocycles. The molecule has 0 spiro atoms. The summed E-state index contributed by atoms with van der Waals surface area (Å²) in [5, 5.41) is -0.258. The lowest BCUT2D eigenvalue weighted by Gasteiger charge is -2.55. The first-order valence-electron chi connectivity index (χ1n) is 12.8. The van der Waals surface area contributed by atoms with E-state index in [2.05, 4.69) is 113 Å². The van der Waals surface area contributed by atoms with Gasteiger partial charge in [-0.05, 0) is 71.9 Å². The zero-order valence-corrected chi connectivity index (χ0v) is 28.6. The Morgan fingerprint density at radius 3 is 1.69 bits per heavy atom. The quantitative estimate of drug-likeness (QED) is 0.161. The van der Waals surface area contributed by atoms with Crippen LogP contribution in [-0.4, -0.2) is 50.3 Å². The van der Waals surface area contributed by atoms with E-state index in [4.69, 9.17) is 13.3 Å². The van der Waals surface area contributed by atoms with Gasteiger partial charge >= 0.3 is 0 Å². The van der Waals surface area contributed by atoms with Crippen LogP contribution in [0.2, 0.25) is 63.5 Å². The molecule has 192 valence electrons. The summed E-state index contributed by atoms with van der Waals surface area (Å²) in [6.45, 7) is 39.3. The Hall–Kier alpha value is 0.488. The highest BCUT2D eigenvalue weighted by Gasteiger charge is 2.56. The lowest BCUT2D eigenvalue weighted by atomic mass is 9.89. The van der Waals surface area contributed by atoms with Crippen LogP contribution >= 0.6 is 0 Å². The summed E-state index contributed by atoms with van der Waals surface area (Å²) in [5.74, 6) is 0. The first kappa shape index (κ1) is 32.5. The highest BCUT2D eigenvalue weighted by Crippen LogP contribution is 2.50. The highest BCUT2D eigenvalue weighted by molar-refractivity contribution is 6.79. The fourth-order valence-electron chi connectivity index (χ4n) is 4.79. The maximum Gasteiger partial charge on any atom is 0.223 e. The van der Waals surface area contributed by atoms with Crippen molar-refractivity contribution in [3.8, 4) is 0 Å². The first-order valence-corrected chi connectivity index (χ1v) is 24.7. The van der Waals surface area contributed by atoms with E-state index in [9.17, 15) is 0 Å². The van der Waals surface area contributed by atoms with E-state index in [-0.39, 0.29) is 15.9 Å². The molecular formula is C25H58O3Si4. The van der Waals surface area contributed by atoms with E-state index in [1.54, 1.807) is 0 Å². The van der Waals surface area contributed by atoms with Crippen molar-refractivity contribution in [2.24, 2.45) is 0 Å². The molecule has 0 aromatic heterocycles. The Labute approximate surface area is 207 Å². The van der Waals surface area contributed by atoms with Crippen molar-refractivity contribution in [1.29, 1.82) is 0 Å². The largest absolute Gasteiger partial charge is 0.420 e. The maximum absolute atomic E-state index is 7.43. The molecule has 0 saturated carbocycles. The minimum Gasteiger partial charge on any atom is -0.420 e. The van der Waals surface area contributed by atoms with Gasteiger partial charge in [0.15, 0.2) is 17.4 Å². The minimum absolute atomic E-state index is 0.0158. The van der Waals surface area contributed by atoms with Crippen molar-refractivity contribution in [2.75, 3.05) is 0 Å². The van der Waals surface area contributed by atoms with Crippen molar-refractivity contribution in [2.45, 2.75) is 148 Å². The molecule has 0 aliphatic rings. The smallest absolute Gasteiger partial charge is 0.223 e. The van der Waals surface area contributed by atoms with Crippen LogP contribution in [0.4, 0.5) is 0 Å². The normalized spacial score (nSPS) is 21.2.